The molecule has 0 saturated carbocycles. The molecule has 28 heavy (non-hydrogen) atoms. The number of piperazine rings is 1. The number of benzene rings is 2. The lowest BCUT2D eigenvalue weighted by Crippen LogP contribution is -2.53. The fourth-order valence-electron chi connectivity index (χ4n) is 3.58. The summed E-state index contributed by atoms with van der Waals surface area (Å²) >= 11 is 0. The maximum absolute atomic E-state index is 12.6. The Morgan fingerprint density at radius 3 is 2.54 bits per heavy atom. The number of ether oxygens (including phenoxy) is 2. The summed E-state index contributed by atoms with van der Waals surface area (Å²) in [7, 11) is 0. The third-order valence-corrected chi connectivity index (χ3v) is 5.36. The van der Waals surface area contributed by atoms with Crippen LogP contribution in [0.4, 0.5) is 5.69 Å². The van der Waals surface area contributed by atoms with E-state index in [0.29, 0.717) is 6.54 Å². The first-order valence-corrected chi connectivity index (χ1v) is 9.54. The van der Waals surface area contributed by atoms with Crippen molar-refractivity contribution in [2.24, 2.45) is 0 Å². The summed E-state index contributed by atoms with van der Waals surface area (Å²) in [6.07, 6.45) is 0. The molecule has 1 amide bonds. The Morgan fingerprint density at radius 1 is 1.07 bits per heavy atom. The fourth-order valence-corrected chi connectivity index (χ4v) is 3.58. The van der Waals surface area contributed by atoms with E-state index < -0.39 is 0 Å². The van der Waals surface area contributed by atoms with Crippen LogP contribution in [0.15, 0.2) is 42.5 Å². The summed E-state index contributed by atoms with van der Waals surface area (Å²) in [6, 6.07) is 12.8. The number of rotatable bonds is 5. The van der Waals surface area contributed by atoms with Crippen molar-refractivity contribution in [2.75, 3.05) is 37.9 Å². The predicted octanol–water partition coefficient (Wildman–Crippen LogP) is 1.95. The van der Waals surface area contributed by atoms with Gasteiger partial charge in [-0.25, -0.2) is 0 Å². The van der Waals surface area contributed by atoms with Gasteiger partial charge in [0.1, 0.15) is 5.75 Å². The minimum absolute atomic E-state index is 0.0238. The number of fused-ring (bicyclic) bond motifs is 1. The molecule has 2 aliphatic heterocycles. The van der Waals surface area contributed by atoms with Gasteiger partial charge in [-0.1, -0.05) is 6.07 Å². The van der Waals surface area contributed by atoms with Gasteiger partial charge in [-0.05, 0) is 48.9 Å². The van der Waals surface area contributed by atoms with E-state index in [2.05, 4.69) is 15.1 Å². The van der Waals surface area contributed by atoms with Crippen LogP contribution in [0.2, 0.25) is 0 Å². The first-order valence-electron chi connectivity index (χ1n) is 9.54. The molecule has 1 atom stereocenters. The minimum Gasteiger partial charge on any atom is -0.508 e. The number of hydrogen-bond acceptors (Lipinski definition) is 6. The van der Waals surface area contributed by atoms with Gasteiger partial charge in [0, 0.05) is 38.4 Å². The smallest absolute Gasteiger partial charge is 0.237 e. The summed E-state index contributed by atoms with van der Waals surface area (Å²) in [4.78, 5) is 17.1. The van der Waals surface area contributed by atoms with Crippen LogP contribution in [0.25, 0.3) is 0 Å². The average Bonchev–Trinajstić information content (AvgIpc) is 3.20. The van der Waals surface area contributed by atoms with Gasteiger partial charge in [-0.15, -0.1) is 0 Å². The van der Waals surface area contributed by atoms with Gasteiger partial charge >= 0.3 is 0 Å². The van der Waals surface area contributed by atoms with E-state index in [1.807, 2.05) is 37.3 Å². The average molecular weight is 383 g/mol. The van der Waals surface area contributed by atoms with Crippen LogP contribution >= 0.6 is 0 Å². The zero-order valence-corrected chi connectivity index (χ0v) is 15.9. The monoisotopic (exact) mass is 383 g/mol. The van der Waals surface area contributed by atoms with Gasteiger partial charge in [0.25, 0.3) is 0 Å². The molecule has 2 aromatic rings. The van der Waals surface area contributed by atoms with Crippen LogP contribution in [-0.4, -0.2) is 54.9 Å². The number of phenolic OH excluding ortho intramolecular Hbond substituents is 1. The number of aromatic hydroxyl groups is 1. The highest BCUT2D eigenvalue weighted by Crippen LogP contribution is 2.32. The Balaban J connectivity index is 1.27. The number of amides is 1. The van der Waals surface area contributed by atoms with Crippen LogP contribution < -0.4 is 19.7 Å². The quantitative estimate of drug-likeness (QED) is 0.822. The number of nitrogens with zero attached hydrogens (tertiary/aromatic N) is 2. The molecule has 0 radical (unpaired) electrons. The molecule has 0 aliphatic carbocycles. The van der Waals surface area contributed by atoms with Gasteiger partial charge in [-0.3, -0.25) is 9.69 Å². The Morgan fingerprint density at radius 2 is 1.79 bits per heavy atom. The molecule has 1 fully saturated rings. The van der Waals surface area contributed by atoms with Crippen molar-refractivity contribution in [3.63, 3.8) is 0 Å². The molecule has 2 N–H and O–H groups in total. The molecule has 2 aliphatic rings. The van der Waals surface area contributed by atoms with Crippen LogP contribution in [0, 0.1) is 0 Å². The summed E-state index contributed by atoms with van der Waals surface area (Å²) in [5.41, 5.74) is 2.08. The van der Waals surface area contributed by atoms with Crippen molar-refractivity contribution in [3.8, 4) is 17.2 Å². The molecule has 148 valence electrons. The number of anilines is 1. The van der Waals surface area contributed by atoms with Crippen molar-refractivity contribution in [2.45, 2.75) is 19.5 Å². The molecule has 7 heteroatoms. The van der Waals surface area contributed by atoms with Crippen molar-refractivity contribution in [1.29, 1.82) is 0 Å². The Kier molecular flexibility index (Phi) is 5.25. The summed E-state index contributed by atoms with van der Waals surface area (Å²) in [5, 5.41) is 12.4. The Labute approximate surface area is 164 Å². The SMILES string of the molecule is C[C@H](C(=O)NCc1ccc2c(c1)OCO2)N1CCN(c2ccc(O)cc2)CC1. The van der Waals surface area contributed by atoms with E-state index in [-0.39, 0.29) is 24.5 Å². The molecular formula is C21H25N3O4. The molecule has 7 nitrogen and oxygen atoms in total. The summed E-state index contributed by atoms with van der Waals surface area (Å²) in [5.74, 6) is 1.77. The Hall–Kier alpha value is -2.93. The van der Waals surface area contributed by atoms with Crippen LogP contribution in [0.3, 0.4) is 0 Å². The Bertz CT molecular complexity index is 832. The molecule has 0 spiro atoms. The second kappa shape index (κ2) is 7.98. The lowest BCUT2D eigenvalue weighted by atomic mass is 10.1. The molecule has 2 aromatic carbocycles. The van der Waals surface area contributed by atoms with E-state index in [9.17, 15) is 9.90 Å². The van der Waals surface area contributed by atoms with Gasteiger partial charge < -0.3 is 24.8 Å². The van der Waals surface area contributed by atoms with Crippen molar-refractivity contribution >= 4 is 11.6 Å². The maximum Gasteiger partial charge on any atom is 0.237 e. The second-order valence-electron chi connectivity index (χ2n) is 7.12. The van der Waals surface area contributed by atoms with Crippen LogP contribution in [0.1, 0.15) is 12.5 Å². The highest BCUT2D eigenvalue weighted by molar-refractivity contribution is 5.81. The zero-order chi connectivity index (χ0) is 19.5. The molecule has 0 aromatic heterocycles. The topological polar surface area (TPSA) is 74.3 Å². The number of hydrogen-bond donors (Lipinski definition) is 2. The number of carbonyl (C=O) groups is 1. The second-order valence-corrected chi connectivity index (χ2v) is 7.12. The molecule has 1 saturated heterocycles. The molecule has 2 heterocycles. The van der Waals surface area contributed by atoms with E-state index >= 15 is 0 Å². The van der Waals surface area contributed by atoms with Crippen LogP contribution in [0.5, 0.6) is 17.2 Å². The van der Waals surface area contributed by atoms with Crippen molar-refractivity contribution < 1.29 is 19.4 Å². The highest BCUT2D eigenvalue weighted by Gasteiger charge is 2.25. The van der Waals surface area contributed by atoms with E-state index in [4.69, 9.17) is 9.47 Å². The van der Waals surface area contributed by atoms with Crippen LogP contribution in [-0.2, 0) is 11.3 Å². The van der Waals surface area contributed by atoms with Gasteiger partial charge in [-0.2, -0.15) is 0 Å². The third-order valence-electron chi connectivity index (χ3n) is 5.36. The number of carbonyl (C=O) groups excluding carboxylic acids is 1. The predicted molar refractivity (Wildman–Crippen MR) is 106 cm³/mol. The normalized spacial score (nSPS) is 17.4. The fraction of sp³-hybridized carbons (Fsp3) is 0.381. The maximum atomic E-state index is 12.6. The van der Waals surface area contributed by atoms with Gasteiger partial charge in [0.05, 0.1) is 6.04 Å². The summed E-state index contributed by atoms with van der Waals surface area (Å²) < 4.78 is 10.7. The van der Waals surface area contributed by atoms with Crippen molar-refractivity contribution in [3.05, 3.63) is 48.0 Å². The number of nitrogens with one attached hydrogen (secondary N) is 1. The first-order chi connectivity index (χ1) is 13.6. The highest BCUT2D eigenvalue weighted by atomic mass is 16.7. The third kappa shape index (κ3) is 3.99. The van der Waals surface area contributed by atoms with Gasteiger partial charge in [0.2, 0.25) is 12.7 Å². The largest absolute Gasteiger partial charge is 0.508 e. The molecule has 4 rings (SSSR count). The molecule has 0 unspecified atom stereocenters. The van der Waals surface area contributed by atoms with E-state index in [1.54, 1.807) is 12.1 Å². The van der Waals surface area contributed by atoms with E-state index in [0.717, 1.165) is 48.9 Å². The summed E-state index contributed by atoms with van der Waals surface area (Å²) in [6.45, 7) is 6.00. The van der Waals surface area contributed by atoms with Gasteiger partial charge in [0.15, 0.2) is 11.5 Å². The molecule has 0 bridgehead atoms. The minimum atomic E-state index is -0.184. The lowest BCUT2D eigenvalue weighted by Gasteiger charge is -2.38. The van der Waals surface area contributed by atoms with E-state index in [1.165, 1.54) is 0 Å². The number of phenols is 1. The van der Waals surface area contributed by atoms with Crippen molar-refractivity contribution in [1.82, 2.24) is 10.2 Å². The zero-order valence-electron chi connectivity index (χ0n) is 15.9. The molecular weight excluding hydrogens is 358 g/mol. The lowest BCUT2D eigenvalue weighted by molar-refractivity contribution is -0.126. The first kappa shape index (κ1) is 18.4. The standard InChI is InChI=1S/C21H25N3O4/c1-15(21(26)22-13-16-2-7-19-20(12-16)28-14-27-19)23-8-10-24(11-9-23)17-3-5-18(25)6-4-17/h2-7,12,15,25H,8-11,13-14H2,1H3,(H,22,26)/t15-/m1/s1.